The van der Waals surface area contributed by atoms with Crippen LogP contribution in [0.5, 0.6) is 5.75 Å². The third-order valence-electron chi connectivity index (χ3n) is 7.75. The van der Waals surface area contributed by atoms with Crippen molar-refractivity contribution >= 4 is 11.9 Å². The van der Waals surface area contributed by atoms with Crippen molar-refractivity contribution in [3.05, 3.63) is 42.5 Å². The number of methoxy groups -OCH3 is 1. The first-order valence-electron chi connectivity index (χ1n) is 14.5. The van der Waals surface area contributed by atoms with Crippen LogP contribution in [-0.2, 0) is 4.74 Å². The van der Waals surface area contributed by atoms with Gasteiger partial charge in [0.15, 0.2) is 11.9 Å². The summed E-state index contributed by atoms with van der Waals surface area (Å²) in [6, 6.07) is 2.18. The van der Waals surface area contributed by atoms with E-state index in [2.05, 4.69) is 25.5 Å². The second kappa shape index (κ2) is 12.3. The number of piperidine rings is 1. The summed E-state index contributed by atoms with van der Waals surface area (Å²) in [7, 11) is 1.47. The number of anilines is 1. The Balaban J connectivity index is 1.33. The summed E-state index contributed by atoms with van der Waals surface area (Å²) >= 11 is 0. The number of carbonyl (C=O) groups excluding carboxylic acids is 1. The van der Waals surface area contributed by atoms with E-state index in [1.165, 1.54) is 44.3 Å². The van der Waals surface area contributed by atoms with Crippen LogP contribution in [-0.4, -0.2) is 85.7 Å². The molecular formula is C29H37F3N8O3. The van der Waals surface area contributed by atoms with E-state index in [4.69, 9.17) is 9.47 Å². The van der Waals surface area contributed by atoms with Crippen LogP contribution in [0.1, 0.15) is 64.6 Å². The van der Waals surface area contributed by atoms with Gasteiger partial charge in [-0.05, 0) is 70.6 Å². The quantitative estimate of drug-likeness (QED) is 0.339. The molecule has 2 atom stereocenters. The standard InChI is InChI=1S/C29H37F3N8O3/c1-28(2,3)43-27(41)39(16-19-7-5-8-19)21-9-6-12-38(17-21)25-11-10-23(34-36-25)26(29(30,31)32)40-18-24(35-37-40)20-13-22(42-4)15-33-14-20/h10-11,13-15,18-19,21,26H,5-9,12,16-17H2,1-4H3/t21-,26?/m1/s1. The topological polar surface area (TPSA) is 111 Å². The number of hydrogen-bond donors (Lipinski definition) is 0. The molecule has 232 valence electrons. The van der Waals surface area contributed by atoms with Crippen molar-refractivity contribution in [2.75, 3.05) is 31.6 Å². The number of amides is 1. The van der Waals surface area contributed by atoms with Crippen LogP contribution in [0.25, 0.3) is 11.3 Å². The van der Waals surface area contributed by atoms with Crippen LogP contribution < -0.4 is 9.64 Å². The van der Waals surface area contributed by atoms with E-state index in [-0.39, 0.29) is 23.5 Å². The highest BCUT2D eigenvalue weighted by Gasteiger charge is 2.45. The first-order valence-corrected chi connectivity index (χ1v) is 14.5. The lowest BCUT2D eigenvalue weighted by molar-refractivity contribution is -0.160. The maximum atomic E-state index is 14.3. The lowest BCUT2D eigenvalue weighted by Gasteiger charge is -2.42. The normalized spacial score (nSPS) is 18.6. The Hall–Kier alpha value is -3.97. The molecule has 0 bridgehead atoms. The molecule has 1 aliphatic heterocycles. The fourth-order valence-electron chi connectivity index (χ4n) is 5.37. The van der Waals surface area contributed by atoms with Crippen LogP contribution in [0, 0.1) is 5.92 Å². The molecule has 1 unspecified atom stereocenters. The summed E-state index contributed by atoms with van der Waals surface area (Å²) in [4.78, 5) is 21.0. The van der Waals surface area contributed by atoms with Gasteiger partial charge < -0.3 is 19.3 Å². The van der Waals surface area contributed by atoms with Crippen molar-refractivity contribution in [2.24, 2.45) is 5.92 Å². The van der Waals surface area contributed by atoms with Gasteiger partial charge in [0.2, 0.25) is 0 Å². The molecule has 3 aromatic heterocycles. The van der Waals surface area contributed by atoms with Gasteiger partial charge in [-0.15, -0.1) is 10.2 Å². The van der Waals surface area contributed by atoms with E-state index in [0.29, 0.717) is 42.7 Å². The SMILES string of the molecule is COc1cncc(-c2cn(C(c3ccc(N4CCC[C@@H](N(CC5CCC5)C(=O)OC(C)(C)C)C4)nn3)C(F)(F)F)nn2)c1. The third-order valence-corrected chi connectivity index (χ3v) is 7.75. The highest BCUT2D eigenvalue weighted by Crippen LogP contribution is 2.36. The van der Waals surface area contributed by atoms with Crippen molar-refractivity contribution in [3.8, 4) is 17.0 Å². The fraction of sp³-hybridized carbons (Fsp3) is 0.586. The van der Waals surface area contributed by atoms with Gasteiger partial charge in [-0.3, -0.25) is 4.98 Å². The highest BCUT2D eigenvalue weighted by atomic mass is 19.4. The Kier molecular flexibility index (Phi) is 8.74. The summed E-state index contributed by atoms with van der Waals surface area (Å²) < 4.78 is 54.5. The first-order chi connectivity index (χ1) is 20.4. The van der Waals surface area contributed by atoms with Crippen LogP contribution in [0.15, 0.2) is 36.8 Å². The second-order valence-electron chi connectivity index (χ2n) is 12.1. The minimum absolute atomic E-state index is 0.103. The van der Waals surface area contributed by atoms with E-state index in [1.807, 2.05) is 30.6 Å². The monoisotopic (exact) mass is 602 g/mol. The predicted octanol–water partition coefficient (Wildman–Crippen LogP) is 5.30. The zero-order valence-electron chi connectivity index (χ0n) is 24.8. The van der Waals surface area contributed by atoms with Crippen LogP contribution in [0.3, 0.4) is 0 Å². The van der Waals surface area contributed by atoms with Gasteiger partial charge in [0.1, 0.15) is 17.0 Å². The predicted molar refractivity (Wildman–Crippen MR) is 152 cm³/mol. The molecule has 2 aliphatic rings. The van der Waals surface area contributed by atoms with Crippen molar-refractivity contribution in [3.63, 3.8) is 0 Å². The van der Waals surface area contributed by atoms with Crippen molar-refractivity contribution < 1.29 is 27.4 Å². The number of ether oxygens (including phenoxy) is 2. The molecule has 11 nitrogen and oxygen atoms in total. The Morgan fingerprint density at radius 1 is 1.09 bits per heavy atom. The van der Waals surface area contributed by atoms with E-state index < -0.39 is 17.8 Å². The number of pyridine rings is 1. The number of alkyl halides is 3. The third kappa shape index (κ3) is 7.34. The van der Waals surface area contributed by atoms with Crippen molar-refractivity contribution in [1.29, 1.82) is 0 Å². The number of rotatable bonds is 8. The number of carbonyl (C=O) groups is 1. The maximum Gasteiger partial charge on any atom is 0.416 e. The number of aromatic nitrogens is 6. The van der Waals surface area contributed by atoms with E-state index in [0.717, 1.165) is 30.4 Å². The molecule has 0 N–H and O–H groups in total. The average molecular weight is 603 g/mol. The molecule has 43 heavy (non-hydrogen) atoms. The maximum absolute atomic E-state index is 14.3. The molecule has 1 saturated heterocycles. The van der Waals surface area contributed by atoms with Gasteiger partial charge >= 0.3 is 12.3 Å². The lowest BCUT2D eigenvalue weighted by atomic mass is 9.84. The lowest BCUT2D eigenvalue weighted by Crippen LogP contribution is -2.53. The Labute approximate surface area is 248 Å². The van der Waals surface area contributed by atoms with Crippen LogP contribution >= 0.6 is 0 Å². The van der Waals surface area contributed by atoms with E-state index in [1.54, 1.807) is 6.07 Å². The number of hydrogen-bond acceptors (Lipinski definition) is 9. The van der Waals surface area contributed by atoms with Crippen LogP contribution in [0.4, 0.5) is 23.8 Å². The minimum Gasteiger partial charge on any atom is -0.495 e. The summed E-state index contributed by atoms with van der Waals surface area (Å²) in [6.45, 7) is 7.32. The van der Waals surface area contributed by atoms with Gasteiger partial charge in [-0.1, -0.05) is 11.6 Å². The molecule has 1 aliphatic carbocycles. The molecule has 1 saturated carbocycles. The molecule has 3 aromatic rings. The molecule has 5 rings (SSSR count). The van der Waals surface area contributed by atoms with E-state index in [9.17, 15) is 18.0 Å². The molecule has 0 spiro atoms. The second-order valence-corrected chi connectivity index (χ2v) is 12.1. The smallest absolute Gasteiger partial charge is 0.416 e. The molecule has 2 fully saturated rings. The first kappa shape index (κ1) is 30.5. The van der Waals surface area contributed by atoms with Gasteiger partial charge in [0.05, 0.1) is 31.2 Å². The van der Waals surface area contributed by atoms with Gasteiger partial charge in [-0.2, -0.15) is 18.3 Å². The molecule has 0 radical (unpaired) electrons. The van der Waals surface area contributed by atoms with Gasteiger partial charge in [0, 0.05) is 31.4 Å². The Morgan fingerprint density at radius 2 is 1.88 bits per heavy atom. The Morgan fingerprint density at radius 3 is 2.51 bits per heavy atom. The minimum atomic E-state index is -4.71. The van der Waals surface area contributed by atoms with Gasteiger partial charge in [-0.25, -0.2) is 9.48 Å². The summed E-state index contributed by atoms with van der Waals surface area (Å²) in [6.07, 6.45) is 4.06. The molecule has 4 heterocycles. The zero-order chi connectivity index (χ0) is 30.8. The molecule has 0 aromatic carbocycles. The summed E-state index contributed by atoms with van der Waals surface area (Å²) in [5.41, 5.74) is -0.258. The summed E-state index contributed by atoms with van der Waals surface area (Å²) in [5.74, 6) is 1.35. The van der Waals surface area contributed by atoms with Crippen LogP contribution in [0.2, 0.25) is 0 Å². The highest BCUT2D eigenvalue weighted by molar-refractivity contribution is 5.69. The molecule has 14 heteroatoms. The van der Waals surface area contributed by atoms with Gasteiger partial charge in [0.25, 0.3) is 0 Å². The summed E-state index contributed by atoms with van der Waals surface area (Å²) in [5, 5.41) is 15.9. The number of nitrogens with zero attached hydrogens (tertiary/aromatic N) is 8. The molecule has 1 amide bonds. The van der Waals surface area contributed by atoms with Crippen molar-refractivity contribution in [1.82, 2.24) is 35.1 Å². The van der Waals surface area contributed by atoms with E-state index >= 15 is 0 Å². The zero-order valence-corrected chi connectivity index (χ0v) is 24.8. The number of halogens is 3. The Bertz CT molecular complexity index is 1390. The fourth-order valence-corrected chi connectivity index (χ4v) is 5.37. The average Bonchev–Trinajstić information content (AvgIpc) is 3.41. The van der Waals surface area contributed by atoms with Crippen molar-refractivity contribution in [2.45, 2.75) is 76.7 Å². The largest absolute Gasteiger partial charge is 0.495 e. The molecular weight excluding hydrogens is 565 g/mol.